The quantitative estimate of drug-likeness (QED) is 0.133. The minimum Gasteiger partial charge on any atom is -0.477 e. The number of pyridine rings is 2. The highest BCUT2D eigenvalue weighted by Gasteiger charge is 2.62. The number of ether oxygens (including phenoxy) is 1. The molecule has 1 fully saturated rings. The molecule has 8 nitrogen and oxygen atoms in total. The van der Waals surface area contributed by atoms with E-state index in [4.69, 9.17) is 16.3 Å². The maximum Gasteiger partial charge on any atom is 0.394 e. The standard InChI is InChI=1S/C24H26ClF3N6O2S.C2H6/c1-2-3-13-29-17-5-4-6-20(30-17)37-33-22(35)16-7-8-18(31-21(16)25)34-14-9-19(32-34)36-15-12-23(10-11-23)24(26,27)28;1-2/h4-9,14H,2-3,10-13,15H2,1H3,(H,29,30)(H,33,35);1-2H3. The number of nitrogens with one attached hydrogen (secondary N) is 2. The van der Waals surface area contributed by atoms with E-state index in [2.05, 4.69) is 32.0 Å². The highest BCUT2D eigenvalue weighted by molar-refractivity contribution is 7.97. The van der Waals surface area contributed by atoms with Crippen molar-refractivity contribution < 1.29 is 22.7 Å². The second-order valence-electron chi connectivity index (χ2n) is 8.66. The van der Waals surface area contributed by atoms with E-state index in [9.17, 15) is 18.0 Å². The molecule has 0 unspecified atom stereocenters. The molecule has 1 aliphatic carbocycles. The first kappa shape index (κ1) is 30.6. The van der Waals surface area contributed by atoms with Crippen LogP contribution in [-0.4, -0.2) is 45.0 Å². The number of hydrogen-bond donors (Lipinski definition) is 2. The second-order valence-corrected chi connectivity index (χ2v) is 9.84. The van der Waals surface area contributed by atoms with Gasteiger partial charge in [0.2, 0.25) is 5.88 Å². The largest absolute Gasteiger partial charge is 0.477 e. The Hall–Kier alpha value is -2.99. The fourth-order valence-electron chi connectivity index (χ4n) is 3.53. The first-order valence-electron chi connectivity index (χ1n) is 12.8. The predicted octanol–water partition coefficient (Wildman–Crippen LogP) is 7.10. The Bertz CT molecular complexity index is 1240. The van der Waals surface area contributed by atoms with Crippen molar-refractivity contribution in [1.82, 2.24) is 24.5 Å². The van der Waals surface area contributed by atoms with Gasteiger partial charge in [0.05, 0.1) is 17.6 Å². The van der Waals surface area contributed by atoms with Crippen LogP contribution in [0.4, 0.5) is 19.0 Å². The predicted molar refractivity (Wildman–Crippen MR) is 147 cm³/mol. The van der Waals surface area contributed by atoms with Crippen LogP contribution in [0.3, 0.4) is 0 Å². The molecule has 13 heteroatoms. The number of carbonyl (C=O) groups excluding carboxylic acids is 1. The molecule has 3 heterocycles. The van der Waals surface area contributed by atoms with Crippen LogP contribution in [0, 0.1) is 5.41 Å². The lowest BCUT2D eigenvalue weighted by Gasteiger charge is -2.18. The molecule has 0 bridgehead atoms. The van der Waals surface area contributed by atoms with Crippen molar-refractivity contribution in [3.05, 3.63) is 53.3 Å². The summed E-state index contributed by atoms with van der Waals surface area (Å²) in [6.45, 7) is 6.84. The highest BCUT2D eigenvalue weighted by atomic mass is 35.5. The minimum atomic E-state index is -4.21. The van der Waals surface area contributed by atoms with Gasteiger partial charge < -0.3 is 10.1 Å². The third-order valence-electron chi connectivity index (χ3n) is 5.97. The van der Waals surface area contributed by atoms with E-state index in [0.717, 1.165) is 37.2 Å². The van der Waals surface area contributed by atoms with Gasteiger partial charge in [-0.2, -0.15) is 13.2 Å². The number of carbonyl (C=O) groups is 1. The summed E-state index contributed by atoms with van der Waals surface area (Å²) >= 11 is 7.32. The second kappa shape index (κ2) is 13.9. The summed E-state index contributed by atoms with van der Waals surface area (Å²) in [6, 6.07) is 10.1. The number of nitrogens with zero attached hydrogens (tertiary/aromatic N) is 4. The molecule has 1 saturated carbocycles. The van der Waals surface area contributed by atoms with E-state index in [1.54, 1.807) is 18.3 Å². The molecule has 1 amide bonds. The molecule has 212 valence electrons. The van der Waals surface area contributed by atoms with E-state index < -0.39 is 17.5 Å². The number of aromatic nitrogens is 4. The number of anilines is 1. The van der Waals surface area contributed by atoms with E-state index in [-0.39, 0.29) is 42.5 Å². The average Bonchev–Trinajstić information content (AvgIpc) is 3.58. The van der Waals surface area contributed by atoms with E-state index in [1.165, 1.54) is 16.8 Å². The monoisotopic (exact) mass is 584 g/mol. The van der Waals surface area contributed by atoms with E-state index in [1.807, 2.05) is 26.0 Å². The number of alkyl halides is 3. The molecule has 0 aliphatic heterocycles. The average molecular weight is 585 g/mol. The van der Waals surface area contributed by atoms with Crippen molar-refractivity contribution in [2.75, 3.05) is 18.5 Å². The maximum absolute atomic E-state index is 13.0. The SMILES string of the molecule is CC.CCCCNc1cccc(SNC(=O)c2ccc(-n3ccc(OCCC4(C(F)(F)F)CC4)n3)nc2Cl)n1. The number of rotatable bonds is 12. The number of halogens is 4. The van der Waals surface area contributed by atoms with Gasteiger partial charge in [-0.05, 0) is 49.9 Å². The molecule has 0 spiro atoms. The van der Waals surface area contributed by atoms with Crippen molar-refractivity contribution in [2.24, 2.45) is 5.41 Å². The lowest BCUT2D eigenvalue weighted by Crippen LogP contribution is -2.26. The van der Waals surface area contributed by atoms with Crippen LogP contribution < -0.4 is 14.8 Å². The first-order chi connectivity index (χ1) is 18.7. The van der Waals surface area contributed by atoms with Gasteiger partial charge in [0, 0.05) is 30.8 Å². The fraction of sp³-hybridized carbons (Fsp3) is 0.462. The zero-order chi connectivity index (χ0) is 28.5. The highest BCUT2D eigenvalue weighted by Crippen LogP contribution is 2.59. The molecule has 0 aromatic carbocycles. The summed E-state index contributed by atoms with van der Waals surface area (Å²) in [7, 11) is 0. The lowest BCUT2D eigenvalue weighted by molar-refractivity contribution is -0.190. The molecular formula is C26H32ClF3N6O2S. The van der Waals surface area contributed by atoms with Crippen molar-refractivity contribution in [3.63, 3.8) is 0 Å². The van der Waals surface area contributed by atoms with Crippen molar-refractivity contribution in [2.45, 2.75) is 64.1 Å². The Morgan fingerprint density at radius 3 is 2.62 bits per heavy atom. The number of amides is 1. The van der Waals surface area contributed by atoms with Gasteiger partial charge in [-0.1, -0.05) is 44.9 Å². The molecule has 3 aromatic heterocycles. The Morgan fingerprint density at radius 1 is 1.18 bits per heavy atom. The van der Waals surface area contributed by atoms with Crippen LogP contribution in [0.5, 0.6) is 5.88 Å². The topological polar surface area (TPSA) is 94.0 Å². The lowest BCUT2D eigenvalue weighted by atomic mass is 10.0. The number of hydrogen-bond acceptors (Lipinski definition) is 7. The maximum atomic E-state index is 13.0. The Labute approximate surface area is 235 Å². The van der Waals surface area contributed by atoms with Crippen LogP contribution in [-0.2, 0) is 0 Å². The molecule has 0 atom stereocenters. The summed E-state index contributed by atoms with van der Waals surface area (Å²) in [5.74, 6) is 0.786. The van der Waals surface area contributed by atoms with Crippen LogP contribution in [0.15, 0.2) is 47.6 Å². The summed E-state index contributed by atoms with van der Waals surface area (Å²) < 4.78 is 48.6. The Morgan fingerprint density at radius 2 is 1.95 bits per heavy atom. The van der Waals surface area contributed by atoms with Crippen molar-refractivity contribution in [1.29, 1.82) is 0 Å². The molecule has 0 radical (unpaired) electrons. The van der Waals surface area contributed by atoms with Crippen molar-refractivity contribution in [3.8, 4) is 11.7 Å². The van der Waals surface area contributed by atoms with Crippen LogP contribution in [0.25, 0.3) is 5.82 Å². The molecule has 4 rings (SSSR count). The minimum absolute atomic E-state index is 0.0302. The van der Waals surface area contributed by atoms with Crippen LogP contribution in [0.1, 0.15) is 63.2 Å². The van der Waals surface area contributed by atoms with Gasteiger partial charge >= 0.3 is 6.18 Å². The Kier molecular flexibility index (Phi) is 10.9. The normalized spacial score (nSPS) is 13.7. The van der Waals surface area contributed by atoms with Crippen molar-refractivity contribution >= 4 is 35.3 Å². The molecular weight excluding hydrogens is 553 g/mol. The van der Waals surface area contributed by atoms with Gasteiger partial charge in [0.25, 0.3) is 5.91 Å². The van der Waals surface area contributed by atoms with Gasteiger partial charge in [-0.3, -0.25) is 9.52 Å². The zero-order valence-corrected chi connectivity index (χ0v) is 23.6. The molecule has 3 aromatic rings. The van der Waals surface area contributed by atoms with Gasteiger partial charge in [0.1, 0.15) is 16.0 Å². The summed E-state index contributed by atoms with van der Waals surface area (Å²) in [6.07, 6.45) is -0.394. The smallest absolute Gasteiger partial charge is 0.394 e. The molecule has 1 aliphatic rings. The van der Waals surface area contributed by atoms with Gasteiger partial charge in [0.15, 0.2) is 5.82 Å². The summed E-state index contributed by atoms with van der Waals surface area (Å²) in [5, 5.41) is 8.00. The summed E-state index contributed by atoms with van der Waals surface area (Å²) in [5.41, 5.74) is -1.45. The summed E-state index contributed by atoms with van der Waals surface area (Å²) in [4.78, 5) is 21.3. The molecule has 39 heavy (non-hydrogen) atoms. The number of unbranched alkanes of at least 4 members (excludes halogenated alkanes) is 1. The molecule has 2 N–H and O–H groups in total. The first-order valence-corrected chi connectivity index (χ1v) is 14.0. The fourth-order valence-corrected chi connectivity index (χ4v) is 4.36. The van der Waals surface area contributed by atoms with Crippen LogP contribution in [0.2, 0.25) is 5.15 Å². The van der Waals surface area contributed by atoms with Crippen LogP contribution >= 0.6 is 23.5 Å². The van der Waals surface area contributed by atoms with Gasteiger partial charge in [-0.15, -0.1) is 5.10 Å². The van der Waals surface area contributed by atoms with E-state index in [0.29, 0.717) is 10.8 Å². The third-order valence-corrected chi connectivity index (χ3v) is 6.98. The Balaban J connectivity index is 0.00000205. The zero-order valence-electron chi connectivity index (χ0n) is 22.0. The third kappa shape index (κ3) is 8.25. The van der Waals surface area contributed by atoms with Gasteiger partial charge in [-0.25, -0.2) is 14.6 Å². The molecule has 0 saturated heterocycles. The van der Waals surface area contributed by atoms with E-state index >= 15 is 0 Å².